The number of hydrogen-bond acceptors (Lipinski definition) is 5. The van der Waals surface area contributed by atoms with Gasteiger partial charge in [0.15, 0.2) is 11.5 Å². The van der Waals surface area contributed by atoms with Gasteiger partial charge in [-0.15, -0.1) is 6.58 Å². The predicted molar refractivity (Wildman–Crippen MR) is 102 cm³/mol. The van der Waals surface area contributed by atoms with Crippen molar-refractivity contribution in [3.63, 3.8) is 0 Å². The molecule has 1 aromatic carbocycles. The molecule has 0 aromatic heterocycles. The van der Waals surface area contributed by atoms with Gasteiger partial charge in [-0.2, -0.15) is 5.26 Å². The first kappa shape index (κ1) is 20.2. The number of benzene rings is 1. The van der Waals surface area contributed by atoms with E-state index in [1.54, 1.807) is 18.2 Å². The van der Waals surface area contributed by atoms with Gasteiger partial charge in [0, 0.05) is 6.54 Å². The highest BCUT2D eigenvalue weighted by atomic mass is 16.6. The summed E-state index contributed by atoms with van der Waals surface area (Å²) < 4.78 is 10.8. The fraction of sp³-hybridized carbons (Fsp3) is 0.381. The van der Waals surface area contributed by atoms with Gasteiger partial charge in [0.1, 0.15) is 11.6 Å². The highest BCUT2D eigenvalue weighted by Gasteiger charge is 2.24. The van der Waals surface area contributed by atoms with Crippen molar-refractivity contribution in [2.45, 2.75) is 32.1 Å². The minimum absolute atomic E-state index is 0.0362. The number of ether oxygens (including phenoxy) is 2. The third-order valence-corrected chi connectivity index (χ3v) is 4.42. The van der Waals surface area contributed by atoms with Crippen LogP contribution in [0.15, 0.2) is 36.4 Å². The highest BCUT2D eigenvalue weighted by molar-refractivity contribution is 6.01. The molecule has 0 spiro atoms. The number of rotatable bonds is 7. The summed E-state index contributed by atoms with van der Waals surface area (Å²) in [6, 6.07) is 6.79. The number of carbonyl (C=O) groups excluding carboxylic acids is 2. The summed E-state index contributed by atoms with van der Waals surface area (Å²) in [7, 11) is 1.47. The lowest BCUT2D eigenvalue weighted by Gasteiger charge is -2.20. The van der Waals surface area contributed by atoms with Gasteiger partial charge in [-0.25, -0.2) is 0 Å². The number of carbonyl (C=O) groups is 2. The molecular formula is C21H24N2O4. The van der Waals surface area contributed by atoms with Gasteiger partial charge in [0.05, 0.1) is 13.0 Å². The Labute approximate surface area is 159 Å². The summed E-state index contributed by atoms with van der Waals surface area (Å²) in [6.45, 7) is 3.79. The van der Waals surface area contributed by atoms with Gasteiger partial charge < -0.3 is 14.8 Å². The van der Waals surface area contributed by atoms with Crippen LogP contribution >= 0.6 is 0 Å². The topological polar surface area (TPSA) is 88.4 Å². The lowest BCUT2D eigenvalue weighted by atomic mass is 9.89. The number of nitrogens with zero attached hydrogens (tertiary/aromatic N) is 1. The largest absolute Gasteiger partial charge is 0.493 e. The van der Waals surface area contributed by atoms with Gasteiger partial charge in [-0.05, 0) is 36.6 Å². The molecule has 6 heteroatoms. The van der Waals surface area contributed by atoms with Crippen molar-refractivity contribution in [2.24, 2.45) is 5.92 Å². The molecule has 1 saturated carbocycles. The Bertz CT molecular complexity index is 771. The van der Waals surface area contributed by atoms with Crippen LogP contribution in [0.1, 0.15) is 37.7 Å². The van der Waals surface area contributed by atoms with Gasteiger partial charge in [0.25, 0.3) is 5.91 Å². The summed E-state index contributed by atoms with van der Waals surface area (Å²) >= 11 is 0. The second-order valence-corrected chi connectivity index (χ2v) is 6.33. The minimum atomic E-state index is -0.482. The SMILES string of the molecule is C=CCNC(=O)C(C#N)=Cc1ccc(OC(=O)C2CCCCC2)c(OC)c1. The van der Waals surface area contributed by atoms with Crippen molar-refractivity contribution in [2.75, 3.05) is 13.7 Å². The molecule has 1 aliphatic rings. The Morgan fingerprint density at radius 3 is 2.67 bits per heavy atom. The molecule has 0 aliphatic heterocycles. The van der Waals surface area contributed by atoms with Gasteiger partial charge in [-0.3, -0.25) is 9.59 Å². The molecule has 0 saturated heterocycles. The maximum Gasteiger partial charge on any atom is 0.314 e. The maximum atomic E-state index is 12.3. The molecule has 0 atom stereocenters. The van der Waals surface area contributed by atoms with E-state index in [4.69, 9.17) is 9.47 Å². The number of nitriles is 1. The fourth-order valence-corrected chi connectivity index (χ4v) is 2.96. The highest BCUT2D eigenvalue weighted by Crippen LogP contribution is 2.31. The van der Waals surface area contributed by atoms with E-state index in [1.807, 2.05) is 6.07 Å². The molecule has 142 valence electrons. The van der Waals surface area contributed by atoms with Crippen molar-refractivity contribution in [3.8, 4) is 17.6 Å². The van der Waals surface area contributed by atoms with Crippen LogP contribution in [-0.2, 0) is 9.59 Å². The van der Waals surface area contributed by atoms with E-state index in [9.17, 15) is 14.9 Å². The molecule has 2 rings (SSSR count). The van der Waals surface area contributed by atoms with Crippen molar-refractivity contribution < 1.29 is 19.1 Å². The molecular weight excluding hydrogens is 344 g/mol. The molecule has 6 nitrogen and oxygen atoms in total. The van der Waals surface area contributed by atoms with Crippen LogP contribution in [0.2, 0.25) is 0 Å². The first-order chi connectivity index (χ1) is 13.1. The average molecular weight is 368 g/mol. The molecule has 0 radical (unpaired) electrons. The normalized spacial score (nSPS) is 14.7. The van der Waals surface area contributed by atoms with E-state index in [0.717, 1.165) is 32.1 Å². The Balaban J connectivity index is 2.16. The van der Waals surface area contributed by atoms with Crippen LogP contribution in [0.5, 0.6) is 11.5 Å². The Kier molecular flexibility index (Phi) is 7.63. The van der Waals surface area contributed by atoms with Crippen molar-refractivity contribution in [3.05, 3.63) is 42.0 Å². The number of amides is 1. The van der Waals surface area contributed by atoms with Crippen LogP contribution in [0.25, 0.3) is 6.08 Å². The zero-order valence-corrected chi connectivity index (χ0v) is 15.5. The summed E-state index contributed by atoms with van der Waals surface area (Å²) in [5.74, 6) is -0.0831. The Morgan fingerprint density at radius 2 is 2.04 bits per heavy atom. The fourth-order valence-electron chi connectivity index (χ4n) is 2.96. The maximum absolute atomic E-state index is 12.3. The standard InChI is InChI=1S/C21H24N2O4/c1-3-11-23-20(24)17(14-22)12-15-9-10-18(19(13-15)26-2)27-21(25)16-7-5-4-6-8-16/h3,9-10,12-13,16H,1,4-8,11H2,2H3,(H,23,24). The van der Waals surface area contributed by atoms with Crippen LogP contribution < -0.4 is 14.8 Å². The molecule has 27 heavy (non-hydrogen) atoms. The number of methoxy groups -OCH3 is 1. The van der Waals surface area contributed by atoms with Crippen molar-refractivity contribution in [1.82, 2.24) is 5.32 Å². The third kappa shape index (κ3) is 5.71. The Hall–Kier alpha value is -3.07. The van der Waals surface area contributed by atoms with Crippen LogP contribution in [0.3, 0.4) is 0 Å². The second-order valence-electron chi connectivity index (χ2n) is 6.33. The van der Waals surface area contributed by atoms with Gasteiger partial charge in [0.2, 0.25) is 0 Å². The third-order valence-electron chi connectivity index (χ3n) is 4.42. The van der Waals surface area contributed by atoms with E-state index < -0.39 is 5.91 Å². The summed E-state index contributed by atoms with van der Waals surface area (Å²) in [5.41, 5.74) is 0.556. The van der Waals surface area contributed by atoms with Gasteiger partial charge >= 0.3 is 5.97 Å². The quantitative estimate of drug-likeness (QED) is 0.262. The zero-order chi connectivity index (χ0) is 19.6. The van der Waals surface area contributed by atoms with Gasteiger partial charge in [-0.1, -0.05) is 31.4 Å². The van der Waals surface area contributed by atoms with Crippen LogP contribution in [0, 0.1) is 17.2 Å². The Morgan fingerprint density at radius 1 is 1.30 bits per heavy atom. The molecule has 1 aliphatic carbocycles. The molecule has 0 unspecified atom stereocenters. The molecule has 1 amide bonds. The first-order valence-electron chi connectivity index (χ1n) is 8.99. The minimum Gasteiger partial charge on any atom is -0.493 e. The lowest BCUT2D eigenvalue weighted by molar-refractivity contribution is -0.140. The molecule has 0 heterocycles. The van der Waals surface area contributed by atoms with Crippen LogP contribution in [0.4, 0.5) is 0 Å². The first-order valence-corrected chi connectivity index (χ1v) is 8.99. The second kappa shape index (κ2) is 10.2. The smallest absolute Gasteiger partial charge is 0.314 e. The number of hydrogen-bond donors (Lipinski definition) is 1. The van der Waals surface area contributed by atoms with E-state index in [1.165, 1.54) is 19.3 Å². The summed E-state index contributed by atoms with van der Waals surface area (Å²) in [6.07, 6.45) is 7.95. The number of esters is 1. The van der Waals surface area contributed by atoms with E-state index in [0.29, 0.717) is 17.1 Å². The number of nitrogens with one attached hydrogen (secondary N) is 1. The van der Waals surface area contributed by atoms with E-state index in [2.05, 4.69) is 11.9 Å². The summed E-state index contributed by atoms with van der Waals surface area (Å²) in [5, 5.41) is 11.8. The molecule has 1 aromatic rings. The molecule has 0 bridgehead atoms. The van der Waals surface area contributed by atoms with E-state index in [-0.39, 0.29) is 24.0 Å². The molecule has 1 fully saturated rings. The lowest BCUT2D eigenvalue weighted by Crippen LogP contribution is -2.24. The van der Waals surface area contributed by atoms with E-state index >= 15 is 0 Å². The predicted octanol–water partition coefficient (Wildman–Crippen LogP) is 3.39. The molecule has 1 N–H and O–H groups in total. The average Bonchev–Trinajstić information content (AvgIpc) is 2.71. The van der Waals surface area contributed by atoms with Crippen molar-refractivity contribution >= 4 is 18.0 Å². The van der Waals surface area contributed by atoms with Crippen molar-refractivity contribution in [1.29, 1.82) is 5.26 Å². The monoisotopic (exact) mass is 368 g/mol. The zero-order valence-electron chi connectivity index (χ0n) is 15.5. The van der Waals surface area contributed by atoms with Crippen LogP contribution in [-0.4, -0.2) is 25.5 Å². The summed E-state index contributed by atoms with van der Waals surface area (Å²) in [4.78, 5) is 24.3.